The number of ether oxygens (including phenoxy) is 2. The summed E-state index contributed by atoms with van der Waals surface area (Å²) >= 11 is 0. The molecule has 0 spiro atoms. The van der Waals surface area contributed by atoms with Gasteiger partial charge in [0.05, 0.1) is 19.8 Å². The molecule has 0 saturated heterocycles. The van der Waals surface area contributed by atoms with Gasteiger partial charge >= 0.3 is 0 Å². The third-order valence-electron chi connectivity index (χ3n) is 4.78. The van der Waals surface area contributed by atoms with E-state index < -0.39 is 6.17 Å². The summed E-state index contributed by atoms with van der Waals surface area (Å²) in [6.07, 6.45) is -0.506. The van der Waals surface area contributed by atoms with Gasteiger partial charge in [-0.1, -0.05) is 30.3 Å². The van der Waals surface area contributed by atoms with Gasteiger partial charge in [0.25, 0.3) is 5.91 Å². The van der Waals surface area contributed by atoms with Crippen LogP contribution in [0, 0.1) is 0 Å². The molecule has 1 heterocycles. The summed E-state index contributed by atoms with van der Waals surface area (Å²) in [4.78, 5) is 15.0. The van der Waals surface area contributed by atoms with E-state index in [4.69, 9.17) is 9.47 Å². The van der Waals surface area contributed by atoms with E-state index in [1.54, 1.807) is 23.1 Å². The molecule has 4 rings (SSSR count). The summed E-state index contributed by atoms with van der Waals surface area (Å²) < 4.78 is 10.6. The Kier molecular flexibility index (Phi) is 4.53. The number of para-hydroxylation sites is 2. The van der Waals surface area contributed by atoms with Gasteiger partial charge < -0.3 is 19.9 Å². The van der Waals surface area contributed by atoms with Crippen LogP contribution < -0.4 is 19.7 Å². The van der Waals surface area contributed by atoms with Gasteiger partial charge in [0.2, 0.25) is 5.75 Å². The van der Waals surface area contributed by atoms with E-state index in [-0.39, 0.29) is 23.2 Å². The summed E-state index contributed by atoms with van der Waals surface area (Å²) in [7, 11) is 2.95. The lowest BCUT2D eigenvalue weighted by Crippen LogP contribution is -2.43. The number of carbonyl (C=O) groups is 1. The van der Waals surface area contributed by atoms with Crippen molar-refractivity contribution in [1.82, 2.24) is 0 Å². The van der Waals surface area contributed by atoms with Gasteiger partial charge in [0.1, 0.15) is 6.17 Å². The fraction of sp³-hybridized carbons (Fsp3) is 0.136. The first-order valence-electron chi connectivity index (χ1n) is 8.83. The average Bonchev–Trinajstić information content (AvgIpc) is 2.74. The number of fused-ring (bicyclic) bond motifs is 1. The Balaban J connectivity index is 1.90. The molecule has 0 radical (unpaired) electrons. The number of phenols is 1. The molecule has 6 heteroatoms. The molecule has 0 aliphatic carbocycles. The summed E-state index contributed by atoms with van der Waals surface area (Å²) in [6.45, 7) is 0. The predicted octanol–water partition coefficient (Wildman–Crippen LogP) is 4.18. The molecule has 3 aromatic carbocycles. The molecule has 1 atom stereocenters. The standard InChI is InChI=1S/C22H20N2O4/c1-27-18-12-14(13-19(28-2)20(18)25)21-23-17-11-7-6-10-16(17)22(26)24(21)15-8-4-3-5-9-15/h3-13,21,23,25H,1-2H3. The third-order valence-corrected chi connectivity index (χ3v) is 4.78. The van der Waals surface area contributed by atoms with Crippen molar-refractivity contribution in [3.05, 3.63) is 77.9 Å². The Morgan fingerprint density at radius 3 is 2.18 bits per heavy atom. The minimum Gasteiger partial charge on any atom is -0.502 e. The highest BCUT2D eigenvalue weighted by Gasteiger charge is 2.34. The fourth-order valence-corrected chi connectivity index (χ4v) is 3.41. The first-order valence-corrected chi connectivity index (χ1v) is 8.83. The molecule has 2 N–H and O–H groups in total. The van der Waals surface area contributed by atoms with Crippen molar-refractivity contribution in [2.45, 2.75) is 6.17 Å². The molecule has 28 heavy (non-hydrogen) atoms. The number of methoxy groups -OCH3 is 2. The van der Waals surface area contributed by atoms with Gasteiger partial charge in [0, 0.05) is 16.9 Å². The number of rotatable bonds is 4. The van der Waals surface area contributed by atoms with Crippen LogP contribution in [0.5, 0.6) is 17.2 Å². The molecule has 1 aliphatic rings. The van der Waals surface area contributed by atoms with Crippen molar-refractivity contribution in [3.63, 3.8) is 0 Å². The average molecular weight is 376 g/mol. The molecule has 1 amide bonds. The van der Waals surface area contributed by atoms with E-state index in [0.717, 1.165) is 16.9 Å². The monoisotopic (exact) mass is 376 g/mol. The first kappa shape index (κ1) is 17.7. The lowest BCUT2D eigenvalue weighted by molar-refractivity contribution is 0.0975. The lowest BCUT2D eigenvalue weighted by atomic mass is 10.0. The molecule has 3 aromatic rings. The van der Waals surface area contributed by atoms with Gasteiger partial charge in [0.15, 0.2) is 11.5 Å². The van der Waals surface area contributed by atoms with E-state index >= 15 is 0 Å². The van der Waals surface area contributed by atoms with Gasteiger partial charge in [-0.05, 0) is 36.4 Å². The van der Waals surface area contributed by atoms with Gasteiger partial charge in [-0.15, -0.1) is 0 Å². The van der Waals surface area contributed by atoms with Crippen molar-refractivity contribution in [2.24, 2.45) is 0 Å². The normalized spacial score (nSPS) is 15.6. The molecule has 0 aromatic heterocycles. The molecule has 142 valence electrons. The van der Waals surface area contributed by atoms with E-state index in [0.29, 0.717) is 5.56 Å². The highest BCUT2D eigenvalue weighted by atomic mass is 16.5. The maximum absolute atomic E-state index is 13.4. The zero-order valence-corrected chi connectivity index (χ0v) is 15.5. The summed E-state index contributed by atoms with van der Waals surface area (Å²) in [6, 6.07) is 20.2. The van der Waals surface area contributed by atoms with Gasteiger partial charge in [-0.3, -0.25) is 9.69 Å². The Bertz CT molecular complexity index is 995. The second kappa shape index (κ2) is 7.15. The second-order valence-electron chi connectivity index (χ2n) is 6.38. The van der Waals surface area contributed by atoms with Crippen LogP contribution in [-0.2, 0) is 0 Å². The maximum atomic E-state index is 13.4. The fourth-order valence-electron chi connectivity index (χ4n) is 3.41. The van der Waals surface area contributed by atoms with E-state index in [1.807, 2.05) is 48.5 Å². The molecule has 1 unspecified atom stereocenters. The minimum atomic E-state index is -0.506. The molecular weight excluding hydrogens is 356 g/mol. The van der Waals surface area contributed by atoms with Crippen molar-refractivity contribution in [2.75, 3.05) is 24.4 Å². The van der Waals surface area contributed by atoms with Crippen LogP contribution in [-0.4, -0.2) is 25.2 Å². The Morgan fingerprint density at radius 1 is 0.929 bits per heavy atom. The van der Waals surface area contributed by atoms with Crippen LogP contribution in [0.2, 0.25) is 0 Å². The Labute approximate surface area is 162 Å². The number of amides is 1. The number of hydrogen-bond donors (Lipinski definition) is 2. The van der Waals surface area contributed by atoms with Crippen molar-refractivity contribution in [1.29, 1.82) is 0 Å². The molecule has 0 saturated carbocycles. The van der Waals surface area contributed by atoms with Gasteiger partial charge in [-0.2, -0.15) is 0 Å². The van der Waals surface area contributed by atoms with Crippen LogP contribution in [0.15, 0.2) is 66.7 Å². The smallest absolute Gasteiger partial charge is 0.262 e. The number of phenolic OH excluding ortho intramolecular Hbond substituents is 1. The molecule has 6 nitrogen and oxygen atoms in total. The van der Waals surface area contributed by atoms with Crippen molar-refractivity contribution >= 4 is 17.3 Å². The Hall–Kier alpha value is -3.67. The van der Waals surface area contributed by atoms with Crippen LogP contribution >= 0.6 is 0 Å². The molecule has 0 fully saturated rings. The maximum Gasteiger partial charge on any atom is 0.262 e. The minimum absolute atomic E-state index is 0.0810. The topological polar surface area (TPSA) is 71.0 Å². The number of nitrogens with one attached hydrogen (secondary N) is 1. The van der Waals surface area contributed by atoms with E-state index in [1.165, 1.54) is 14.2 Å². The summed E-state index contributed by atoms with van der Waals surface area (Å²) in [5.41, 5.74) is 2.82. The quantitative estimate of drug-likeness (QED) is 0.715. The molecule has 1 aliphatic heterocycles. The highest BCUT2D eigenvalue weighted by molar-refractivity contribution is 6.12. The zero-order chi connectivity index (χ0) is 19.7. The van der Waals surface area contributed by atoms with E-state index in [9.17, 15) is 9.90 Å². The third kappa shape index (κ3) is 2.89. The number of aromatic hydroxyl groups is 1. The van der Waals surface area contributed by atoms with Crippen LogP contribution in [0.1, 0.15) is 22.1 Å². The predicted molar refractivity (Wildman–Crippen MR) is 107 cm³/mol. The lowest BCUT2D eigenvalue weighted by Gasteiger charge is -2.38. The zero-order valence-electron chi connectivity index (χ0n) is 15.5. The van der Waals surface area contributed by atoms with Crippen LogP contribution in [0.4, 0.5) is 11.4 Å². The largest absolute Gasteiger partial charge is 0.502 e. The molecular formula is C22H20N2O4. The summed E-state index contributed by atoms with van der Waals surface area (Å²) in [5, 5.41) is 13.7. The van der Waals surface area contributed by atoms with E-state index in [2.05, 4.69) is 5.32 Å². The highest BCUT2D eigenvalue weighted by Crippen LogP contribution is 2.42. The second-order valence-corrected chi connectivity index (χ2v) is 6.38. The first-order chi connectivity index (χ1) is 13.6. The van der Waals surface area contributed by atoms with Crippen LogP contribution in [0.25, 0.3) is 0 Å². The number of nitrogens with zero attached hydrogens (tertiary/aromatic N) is 1. The molecule has 0 bridgehead atoms. The van der Waals surface area contributed by atoms with Gasteiger partial charge in [-0.25, -0.2) is 0 Å². The number of hydrogen-bond acceptors (Lipinski definition) is 5. The number of benzene rings is 3. The number of anilines is 2. The Morgan fingerprint density at radius 2 is 1.54 bits per heavy atom. The summed E-state index contributed by atoms with van der Waals surface area (Å²) in [5.74, 6) is 0.352. The SMILES string of the molecule is COc1cc(C2Nc3ccccc3C(=O)N2c2ccccc2)cc(OC)c1O. The number of carbonyl (C=O) groups excluding carboxylic acids is 1. The van der Waals surface area contributed by atoms with Crippen molar-refractivity contribution < 1.29 is 19.4 Å². The van der Waals surface area contributed by atoms with Crippen molar-refractivity contribution in [3.8, 4) is 17.2 Å². The van der Waals surface area contributed by atoms with Crippen LogP contribution in [0.3, 0.4) is 0 Å².